The molecule has 2 aliphatic carbocycles. The van der Waals surface area contributed by atoms with E-state index in [1.165, 1.54) is 44.6 Å². The quantitative estimate of drug-likeness (QED) is 0.552. The predicted molar refractivity (Wildman–Crippen MR) is 77.8 cm³/mol. The summed E-state index contributed by atoms with van der Waals surface area (Å²) in [6.07, 6.45) is 11.2. The number of rotatable bonds is 4. The molecule has 0 bridgehead atoms. The molecule has 0 spiro atoms. The summed E-state index contributed by atoms with van der Waals surface area (Å²) in [6, 6.07) is 0. The Bertz CT molecular complexity index is 336. The summed E-state index contributed by atoms with van der Waals surface area (Å²) in [6.45, 7) is 7.99. The van der Waals surface area contributed by atoms with Crippen LogP contribution in [0.3, 0.4) is 0 Å². The molecule has 4 atom stereocenters. The number of hydrogen-bond acceptors (Lipinski definition) is 2. The van der Waals surface area contributed by atoms with Crippen molar-refractivity contribution in [1.29, 1.82) is 0 Å². The number of carbonyl (C=O) groups excluding carboxylic acids is 1. The average molecular weight is 264 g/mol. The second kappa shape index (κ2) is 6.11. The lowest BCUT2D eigenvalue weighted by Gasteiger charge is -2.39. The predicted octanol–water partition coefficient (Wildman–Crippen LogP) is 4.49. The van der Waals surface area contributed by atoms with Gasteiger partial charge in [0.1, 0.15) is 5.60 Å². The minimum Gasteiger partial charge on any atom is -0.455 e. The van der Waals surface area contributed by atoms with Crippen LogP contribution in [0.5, 0.6) is 0 Å². The van der Waals surface area contributed by atoms with Crippen LogP contribution in [0.15, 0.2) is 12.7 Å². The van der Waals surface area contributed by atoms with E-state index >= 15 is 0 Å². The van der Waals surface area contributed by atoms with Gasteiger partial charge in [-0.25, -0.2) is 4.79 Å². The molecule has 2 nitrogen and oxygen atoms in total. The molecule has 0 N–H and O–H groups in total. The van der Waals surface area contributed by atoms with Crippen molar-refractivity contribution in [1.82, 2.24) is 0 Å². The van der Waals surface area contributed by atoms with Crippen LogP contribution in [-0.2, 0) is 9.53 Å². The molecular formula is C17H28O2. The maximum absolute atomic E-state index is 11.8. The summed E-state index contributed by atoms with van der Waals surface area (Å²) in [5.41, 5.74) is -0.213. The van der Waals surface area contributed by atoms with Crippen molar-refractivity contribution in [3.63, 3.8) is 0 Å². The molecule has 0 radical (unpaired) electrons. The summed E-state index contributed by atoms with van der Waals surface area (Å²) in [5, 5.41) is 0. The molecule has 2 heteroatoms. The van der Waals surface area contributed by atoms with Crippen LogP contribution in [-0.4, -0.2) is 11.6 Å². The maximum Gasteiger partial charge on any atom is 0.330 e. The highest BCUT2D eigenvalue weighted by molar-refractivity contribution is 5.81. The van der Waals surface area contributed by atoms with E-state index in [-0.39, 0.29) is 11.6 Å². The highest BCUT2D eigenvalue weighted by atomic mass is 16.6. The molecule has 0 aliphatic heterocycles. The number of esters is 1. The molecule has 2 rings (SSSR count). The standard InChI is InChI=1S/C17H28O2/c1-4-14-12-13-10-8-7-9-11-15(13)17(14,6-3)19-16(18)5-2/h5,13-15H,2,4,6-12H2,1,3H3. The molecule has 0 amide bonds. The fourth-order valence-electron chi connectivity index (χ4n) is 4.70. The van der Waals surface area contributed by atoms with Crippen LogP contribution in [0.2, 0.25) is 0 Å². The first-order valence-electron chi connectivity index (χ1n) is 8.03. The lowest BCUT2D eigenvalue weighted by atomic mass is 9.77. The Morgan fingerprint density at radius 2 is 2.05 bits per heavy atom. The topological polar surface area (TPSA) is 26.3 Å². The van der Waals surface area contributed by atoms with Crippen LogP contribution < -0.4 is 0 Å². The zero-order chi connectivity index (χ0) is 13.9. The third-order valence-electron chi connectivity index (χ3n) is 5.57. The van der Waals surface area contributed by atoms with E-state index in [1.54, 1.807) is 0 Å². The van der Waals surface area contributed by atoms with Crippen LogP contribution >= 0.6 is 0 Å². The van der Waals surface area contributed by atoms with E-state index in [4.69, 9.17) is 4.74 Å². The summed E-state index contributed by atoms with van der Waals surface area (Å²) >= 11 is 0. The molecular weight excluding hydrogens is 236 g/mol. The number of ether oxygens (including phenoxy) is 1. The maximum atomic E-state index is 11.8. The summed E-state index contributed by atoms with van der Waals surface area (Å²) < 4.78 is 5.97. The van der Waals surface area contributed by atoms with E-state index in [2.05, 4.69) is 20.4 Å². The first kappa shape index (κ1) is 14.6. The Morgan fingerprint density at radius 1 is 1.32 bits per heavy atom. The molecule has 4 unspecified atom stereocenters. The van der Waals surface area contributed by atoms with E-state index in [1.807, 2.05) is 0 Å². The zero-order valence-electron chi connectivity index (χ0n) is 12.5. The minimum absolute atomic E-state index is 0.213. The third kappa shape index (κ3) is 2.59. The van der Waals surface area contributed by atoms with Gasteiger partial charge < -0.3 is 4.74 Å². The van der Waals surface area contributed by atoms with Gasteiger partial charge in [-0.1, -0.05) is 46.1 Å². The average Bonchev–Trinajstić information content (AvgIpc) is 2.58. The van der Waals surface area contributed by atoms with Gasteiger partial charge in [-0.15, -0.1) is 0 Å². The van der Waals surface area contributed by atoms with E-state index < -0.39 is 0 Å². The number of carbonyl (C=O) groups is 1. The smallest absolute Gasteiger partial charge is 0.330 e. The molecule has 0 aromatic heterocycles. The Labute approximate surface area is 117 Å². The Balaban J connectivity index is 2.28. The van der Waals surface area contributed by atoms with Gasteiger partial charge in [0, 0.05) is 12.0 Å². The van der Waals surface area contributed by atoms with Gasteiger partial charge in [0.25, 0.3) is 0 Å². The lowest BCUT2D eigenvalue weighted by molar-refractivity contribution is -0.165. The van der Waals surface area contributed by atoms with Crippen molar-refractivity contribution in [3.8, 4) is 0 Å². The van der Waals surface area contributed by atoms with Crippen molar-refractivity contribution in [2.45, 2.75) is 70.8 Å². The second-order valence-corrected chi connectivity index (χ2v) is 6.28. The van der Waals surface area contributed by atoms with Gasteiger partial charge >= 0.3 is 5.97 Å². The van der Waals surface area contributed by atoms with E-state index in [0.29, 0.717) is 11.8 Å². The molecule has 0 aromatic rings. The summed E-state index contributed by atoms with van der Waals surface area (Å²) in [5.74, 6) is 1.65. The summed E-state index contributed by atoms with van der Waals surface area (Å²) in [7, 11) is 0. The molecule has 0 saturated heterocycles. The highest BCUT2D eigenvalue weighted by Gasteiger charge is 2.55. The monoisotopic (exact) mass is 264 g/mol. The molecule has 2 saturated carbocycles. The van der Waals surface area contributed by atoms with Crippen molar-refractivity contribution in [3.05, 3.63) is 12.7 Å². The molecule has 108 valence electrons. The molecule has 2 fully saturated rings. The zero-order valence-corrected chi connectivity index (χ0v) is 12.5. The van der Waals surface area contributed by atoms with Gasteiger partial charge in [0.2, 0.25) is 0 Å². The Kier molecular flexibility index (Phi) is 4.70. The number of hydrogen-bond donors (Lipinski definition) is 0. The van der Waals surface area contributed by atoms with Crippen LogP contribution in [0.1, 0.15) is 65.2 Å². The van der Waals surface area contributed by atoms with E-state index in [9.17, 15) is 4.79 Å². The fourth-order valence-corrected chi connectivity index (χ4v) is 4.70. The van der Waals surface area contributed by atoms with Crippen molar-refractivity contribution >= 4 is 5.97 Å². The van der Waals surface area contributed by atoms with Crippen LogP contribution in [0.4, 0.5) is 0 Å². The molecule has 0 heterocycles. The normalized spacial score (nSPS) is 38.3. The first-order chi connectivity index (χ1) is 9.17. The van der Waals surface area contributed by atoms with Gasteiger partial charge in [0.05, 0.1) is 0 Å². The van der Waals surface area contributed by atoms with E-state index in [0.717, 1.165) is 18.8 Å². The van der Waals surface area contributed by atoms with Crippen LogP contribution in [0, 0.1) is 17.8 Å². The second-order valence-electron chi connectivity index (χ2n) is 6.28. The lowest BCUT2D eigenvalue weighted by Crippen LogP contribution is -2.44. The van der Waals surface area contributed by atoms with Crippen molar-refractivity contribution in [2.24, 2.45) is 17.8 Å². The van der Waals surface area contributed by atoms with Crippen molar-refractivity contribution < 1.29 is 9.53 Å². The molecule has 2 aliphatic rings. The Hall–Kier alpha value is -0.790. The Morgan fingerprint density at radius 3 is 2.68 bits per heavy atom. The molecule has 0 aromatic carbocycles. The van der Waals surface area contributed by atoms with Gasteiger partial charge in [-0.2, -0.15) is 0 Å². The first-order valence-corrected chi connectivity index (χ1v) is 8.03. The minimum atomic E-state index is -0.231. The number of fused-ring (bicyclic) bond motifs is 1. The third-order valence-corrected chi connectivity index (χ3v) is 5.57. The van der Waals surface area contributed by atoms with Crippen molar-refractivity contribution in [2.75, 3.05) is 0 Å². The highest BCUT2D eigenvalue weighted by Crippen LogP contribution is 2.55. The van der Waals surface area contributed by atoms with Gasteiger partial charge in [-0.3, -0.25) is 0 Å². The van der Waals surface area contributed by atoms with Crippen LogP contribution in [0.25, 0.3) is 0 Å². The van der Waals surface area contributed by atoms with Gasteiger partial charge in [0.15, 0.2) is 0 Å². The summed E-state index contributed by atoms with van der Waals surface area (Å²) in [4.78, 5) is 11.8. The molecule has 19 heavy (non-hydrogen) atoms. The van der Waals surface area contributed by atoms with Gasteiger partial charge in [-0.05, 0) is 37.5 Å². The fraction of sp³-hybridized carbons (Fsp3) is 0.824. The largest absolute Gasteiger partial charge is 0.455 e. The SMILES string of the molecule is C=CC(=O)OC1(CC)C(CC)CC2CCCCCC21.